The zero-order valence-corrected chi connectivity index (χ0v) is 18.9. The average molecular weight is 400 g/mol. The molecule has 0 fully saturated rings. The first-order chi connectivity index (χ1) is 13.1. The predicted molar refractivity (Wildman–Crippen MR) is 98.7 cm³/mol. The third-order valence-corrected chi connectivity index (χ3v) is 4.84. The van der Waals surface area contributed by atoms with E-state index in [2.05, 4.69) is 10.5 Å². The summed E-state index contributed by atoms with van der Waals surface area (Å²) in [7, 11) is 0. The van der Waals surface area contributed by atoms with Crippen LogP contribution in [0.1, 0.15) is 50.6 Å². The van der Waals surface area contributed by atoms with Gasteiger partial charge >= 0.3 is 51.4 Å². The van der Waals surface area contributed by atoms with Crippen LogP contribution in [0, 0.1) is 6.92 Å². The van der Waals surface area contributed by atoms with E-state index >= 15 is 0 Å². The van der Waals surface area contributed by atoms with E-state index in [-0.39, 0.29) is 63.1 Å². The Morgan fingerprint density at radius 2 is 1.86 bits per heavy atom. The Hall–Kier alpha value is -1.77. The predicted octanol–water partition coefficient (Wildman–Crippen LogP) is -0.421. The van der Waals surface area contributed by atoms with E-state index in [0.717, 1.165) is 17.2 Å². The molecule has 28 heavy (non-hydrogen) atoms. The van der Waals surface area contributed by atoms with Crippen LogP contribution >= 0.6 is 0 Å². The zero-order chi connectivity index (χ0) is 19.0. The van der Waals surface area contributed by atoms with Crippen molar-refractivity contribution < 1.29 is 70.5 Å². The van der Waals surface area contributed by atoms with Gasteiger partial charge in [-0.25, -0.2) is 5.43 Å². The summed E-state index contributed by atoms with van der Waals surface area (Å²) in [6, 6.07) is 13.2. The minimum Gasteiger partial charge on any atom is -0.542 e. The molecule has 136 valence electrons. The summed E-state index contributed by atoms with van der Waals surface area (Å²) in [5.74, 6) is -1.25. The molecule has 3 aromatic rings. The smallest absolute Gasteiger partial charge is 0.542 e. The Balaban J connectivity index is 0.00000225. The van der Waals surface area contributed by atoms with Crippen LogP contribution in [0.15, 0.2) is 52.0 Å². The number of aryl methyl sites for hydroxylation is 1. The van der Waals surface area contributed by atoms with Crippen molar-refractivity contribution in [2.45, 2.75) is 26.2 Å². The van der Waals surface area contributed by atoms with E-state index in [1.165, 1.54) is 0 Å². The molecule has 0 unspecified atom stereocenters. The molecule has 1 heterocycles. The van der Waals surface area contributed by atoms with Crippen LogP contribution in [0.4, 0.5) is 0 Å². The summed E-state index contributed by atoms with van der Waals surface area (Å²) in [5, 5.41) is 17.3. The van der Waals surface area contributed by atoms with Crippen LogP contribution < -0.4 is 61.9 Å². The third-order valence-electron chi connectivity index (χ3n) is 4.84. The van der Waals surface area contributed by atoms with Crippen molar-refractivity contribution >= 4 is 28.4 Å². The average Bonchev–Trinajstić information content (AvgIpc) is 3.03. The maximum Gasteiger partial charge on any atom is 1.00 e. The molecular weight excluding hydrogens is 383 g/mol. The van der Waals surface area contributed by atoms with Crippen molar-refractivity contribution in [1.29, 1.82) is 0 Å². The quantitative estimate of drug-likeness (QED) is 0.477. The number of nitrogens with zero attached hydrogens (tertiary/aromatic N) is 1. The summed E-state index contributed by atoms with van der Waals surface area (Å²) in [6.45, 7) is 1.67. The molecular formula is C21H17KN2O4. The SMILES string of the molecule is Cc1c(C(=O)[O-])oc2c1/C(=N/NC(=O)c1cccc3ccccc13)CCC2.[K+]. The molecule has 1 aliphatic rings. The van der Waals surface area contributed by atoms with Crippen molar-refractivity contribution in [1.82, 2.24) is 5.43 Å². The maximum atomic E-state index is 12.7. The van der Waals surface area contributed by atoms with Crippen molar-refractivity contribution in [2.75, 3.05) is 0 Å². The third kappa shape index (κ3) is 3.85. The molecule has 0 aliphatic heterocycles. The summed E-state index contributed by atoms with van der Waals surface area (Å²) in [6.07, 6.45) is 2.05. The van der Waals surface area contributed by atoms with Gasteiger partial charge in [0.1, 0.15) is 11.7 Å². The molecule has 1 aromatic heterocycles. The fourth-order valence-electron chi connectivity index (χ4n) is 3.58. The number of aromatic carboxylic acids is 1. The van der Waals surface area contributed by atoms with Gasteiger partial charge in [-0.15, -0.1) is 0 Å². The first-order valence-corrected chi connectivity index (χ1v) is 8.75. The number of hydrogen-bond donors (Lipinski definition) is 1. The second-order valence-corrected chi connectivity index (χ2v) is 6.52. The molecule has 6 nitrogen and oxygen atoms in total. The summed E-state index contributed by atoms with van der Waals surface area (Å²) in [5.41, 5.74) is 4.92. The van der Waals surface area contributed by atoms with Gasteiger partial charge in [-0.05, 0) is 36.6 Å². The van der Waals surface area contributed by atoms with Gasteiger partial charge in [0.2, 0.25) is 0 Å². The monoisotopic (exact) mass is 400 g/mol. The van der Waals surface area contributed by atoms with Gasteiger partial charge in [0, 0.05) is 23.1 Å². The summed E-state index contributed by atoms with van der Waals surface area (Å²) >= 11 is 0. The van der Waals surface area contributed by atoms with Gasteiger partial charge < -0.3 is 14.3 Å². The number of amides is 1. The number of carbonyl (C=O) groups is 2. The van der Waals surface area contributed by atoms with E-state index < -0.39 is 5.97 Å². The van der Waals surface area contributed by atoms with Crippen LogP contribution in [0.3, 0.4) is 0 Å². The van der Waals surface area contributed by atoms with Crippen molar-refractivity contribution in [3.8, 4) is 0 Å². The second-order valence-electron chi connectivity index (χ2n) is 6.52. The van der Waals surface area contributed by atoms with Gasteiger partial charge in [0.15, 0.2) is 5.76 Å². The van der Waals surface area contributed by atoms with Gasteiger partial charge in [-0.1, -0.05) is 36.4 Å². The largest absolute Gasteiger partial charge is 1.00 e. The Labute approximate surface area is 204 Å². The number of carbonyl (C=O) groups excluding carboxylic acids is 2. The van der Waals surface area contributed by atoms with Crippen LogP contribution in [-0.2, 0) is 6.42 Å². The van der Waals surface area contributed by atoms with Gasteiger partial charge in [-0.3, -0.25) is 4.79 Å². The molecule has 1 N–H and O–H groups in total. The number of hydrazone groups is 1. The van der Waals surface area contributed by atoms with E-state index in [4.69, 9.17) is 4.42 Å². The number of furan rings is 1. The summed E-state index contributed by atoms with van der Waals surface area (Å²) < 4.78 is 5.42. The standard InChI is InChI=1S/C21H18N2O4.K/c1-12-18-16(10-5-11-17(18)27-19(12)21(25)26)22-23-20(24)15-9-4-7-13-6-2-3-8-14(13)15;/h2-4,6-9H,5,10-11H2,1H3,(H,23,24)(H,25,26);/q;+1/p-1/b22-16+;. The van der Waals surface area contributed by atoms with E-state index in [1.807, 2.05) is 36.4 Å². The Morgan fingerprint density at radius 1 is 1.11 bits per heavy atom. The molecule has 0 radical (unpaired) electrons. The Morgan fingerprint density at radius 3 is 2.64 bits per heavy atom. The molecule has 4 rings (SSSR count). The number of benzene rings is 2. The molecule has 7 heteroatoms. The van der Waals surface area contributed by atoms with Gasteiger partial charge in [-0.2, -0.15) is 5.10 Å². The van der Waals surface area contributed by atoms with Crippen LogP contribution in [0.2, 0.25) is 0 Å². The Bertz CT molecular complexity index is 1100. The van der Waals surface area contributed by atoms with Crippen LogP contribution in [0.25, 0.3) is 10.8 Å². The fraction of sp³-hybridized carbons (Fsp3) is 0.190. The summed E-state index contributed by atoms with van der Waals surface area (Å²) in [4.78, 5) is 23.9. The number of nitrogens with one attached hydrogen (secondary N) is 1. The normalized spacial score (nSPS) is 14.4. The fourth-order valence-corrected chi connectivity index (χ4v) is 3.58. The van der Waals surface area contributed by atoms with Crippen molar-refractivity contribution in [3.63, 3.8) is 0 Å². The zero-order valence-electron chi connectivity index (χ0n) is 15.7. The first-order valence-electron chi connectivity index (χ1n) is 8.75. The van der Waals surface area contributed by atoms with Crippen LogP contribution in [0.5, 0.6) is 0 Å². The molecule has 0 atom stereocenters. The number of hydrogen-bond acceptors (Lipinski definition) is 5. The minimum atomic E-state index is -1.35. The minimum absolute atomic E-state index is 0. The number of rotatable bonds is 3. The molecule has 0 spiro atoms. The first kappa shape index (κ1) is 20.9. The molecule has 1 aliphatic carbocycles. The molecule has 1 amide bonds. The van der Waals surface area contributed by atoms with Crippen molar-refractivity contribution in [2.24, 2.45) is 5.10 Å². The van der Waals surface area contributed by atoms with E-state index in [9.17, 15) is 14.7 Å². The number of carboxylic acid groups (broad SMARTS) is 1. The second kappa shape index (κ2) is 8.71. The maximum absolute atomic E-state index is 12.7. The van der Waals surface area contributed by atoms with Crippen LogP contribution in [-0.4, -0.2) is 17.6 Å². The van der Waals surface area contributed by atoms with E-state index in [0.29, 0.717) is 41.0 Å². The van der Waals surface area contributed by atoms with Gasteiger partial charge in [0.05, 0.1) is 5.71 Å². The number of fused-ring (bicyclic) bond motifs is 2. The number of carboxylic acids is 1. The molecule has 2 aromatic carbocycles. The Kier molecular flexibility index (Phi) is 6.52. The molecule has 0 saturated carbocycles. The van der Waals surface area contributed by atoms with E-state index in [1.54, 1.807) is 13.0 Å². The topological polar surface area (TPSA) is 94.7 Å². The molecule has 0 saturated heterocycles. The van der Waals surface area contributed by atoms with Gasteiger partial charge in [0.25, 0.3) is 5.91 Å². The van der Waals surface area contributed by atoms with Crippen molar-refractivity contribution in [3.05, 3.63) is 70.7 Å². The molecule has 0 bridgehead atoms.